The van der Waals surface area contributed by atoms with Gasteiger partial charge in [-0.1, -0.05) is 15.9 Å². The van der Waals surface area contributed by atoms with Crippen molar-refractivity contribution in [1.29, 1.82) is 0 Å². The molecule has 19 heavy (non-hydrogen) atoms. The van der Waals surface area contributed by atoms with Gasteiger partial charge in [-0.05, 0) is 36.9 Å². The molecule has 104 valence electrons. The van der Waals surface area contributed by atoms with Gasteiger partial charge >= 0.3 is 0 Å². The third kappa shape index (κ3) is 3.75. The minimum absolute atomic E-state index is 0.0995. The second kappa shape index (κ2) is 6.45. The van der Waals surface area contributed by atoms with Crippen LogP contribution in [0.5, 0.6) is 0 Å². The molecule has 0 aliphatic carbocycles. The highest BCUT2D eigenvalue weighted by molar-refractivity contribution is 9.10. The Labute approximate surface area is 120 Å². The van der Waals surface area contributed by atoms with Gasteiger partial charge in [0.05, 0.1) is 4.92 Å². The number of likely N-dealkylation sites (tertiary alicyclic amines) is 1. The number of nitro groups is 1. The summed E-state index contributed by atoms with van der Waals surface area (Å²) < 4.78 is 0.771. The Hall–Kier alpha value is -0.980. The van der Waals surface area contributed by atoms with Crippen molar-refractivity contribution >= 4 is 21.6 Å². The molecule has 0 bridgehead atoms. The van der Waals surface area contributed by atoms with Gasteiger partial charge in [-0.2, -0.15) is 0 Å². The van der Waals surface area contributed by atoms with Crippen LogP contribution in [-0.4, -0.2) is 34.6 Å². The molecule has 0 saturated carbocycles. The highest BCUT2D eigenvalue weighted by Crippen LogP contribution is 2.26. The van der Waals surface area contributed by atoms with Crippen LogP contribution in [0.25, 0.3) is 0 Å². The second-order valence-corrected chi connectivity index (χ2v) is 5.81. The molecule has 2 rings (SSSR count). The van der Waals surface area contributed by atoms with Crippen molar-refractivity contribution in [3.63, 3.8) is 0 Å². The van der Waals surface area contributed by atoms with E-state index in [0.717, 1.165) is 42.5 Å². The quantitative estimate of drug-likeness (QED) is 0.681. The molecule has 1 aliphatic rings. The predicted octanol–water partition coefficient (Wildman–Crippen LogP) is 2.56. The van der Waals surface area contributed by atoms with E-state index in [0.29, 0.717) is 5.92 Å². The Bertz CT molecular complexity index is 467. The number of benzene rings is 1. The lowest BCUT2D eigenvalue weighted by atomic mass is 9.98. The van der Waals surface area contributed by atoms with Gasteiger partial charge in [-0.15, -0.1) is 0 Å². The molecule has 1 aliphatic heterocycles. The maximum atomic E-state index is 10.7. The molecular weight excluding hydrogens is 312 g/mol. The monoisotopic (exact) mass is 328 g/mol. The molecule has 1 heterocycles. The van der Waals surface area contributed by atoms with Crippen molar-refractivity contribution in [2.24, 2.45) is 5.92 Å². The Kier molecular flexibility index (Phi) is 4.90. The summed E-state index contributed by atoms with van der Waals surface area (Å²) in [6, 6.07) is 4.88. The van der Waals surface area contributed by atoms with Crippen LogP contribution in [0, 0.1) is 16.0 Å². The molecule has 1 N–H and O–H groups in total. The van der Waals surface area contributed by atoms with Crippen LogP contribution in [-0.2, 0) is 6.54 Å². The van der Waals surface area contributed by atoms with Crippen molar-refractivity contribution in [2.75, 3.05) is 19.7 Å². The van der Waals surface area contributed by atoms with Gasteiger partial charge in [0.1, 0.15) is 0 Å². The lowest BCUT2D eigenvalue weighted by Crippen LogP contribution is -2.36. The summed E-state index contributed by atoms with van der Waals surface area (Å²) >= 11 is 3.39. The molecule has 6 heteroatoms. The zero-order chi connectivity index (χ0) is 13.8. The van der Waals surface area contributed by atoms with Gasteiger partial charge < -0.3 is 5.11 Å². The normalized spacial score (nSPS) is 20.4. The summed E-state index contributed by atoms with van der Waals surface area (Å²) in [5.74, 6) is 0.352. The van der Waals surface area contributed by atoms with E-state index in [2.05, 4.69) is 20.8 Å². The number of nitrogens with zero attached hydrogens (tertiary/aromatic N) is 2. The van der Waals surface area contributed by atoms with Gasteiger partial charge in [0.15, 0.2) is 0 Å². The maximum absolute atomic E-state index is 10.7. The van der Waals surface area contributed by atoms with Gasteiger partial charge in [-0.25, -0.2) is 0 Å². The van der Waals surface area contributed by atoms with E-state index in [1.54, 1.807) is 12.1 Å². The minimum Gasteiger partial charge on any atom is -0.396 e. The number of hydrogen-bond acceptors (Lipinski definition) is 4. The zero-order valence-electron chi connectivity index (χ0n) is 10.6. The molecule has 1 unspecified atom stereocenters. The number of nitro benzene ring substituents is 1. The molecule has 1 atom stereocenters. The third-order valence-electron chi connectivity index (χ3n) is 3.50. The fraction of sp³-hybridized carbons (Fsp3) is 0.538. The molecule has 1 saturated heterocycles. The van der Waals surface area contributed by atoms with Crippen molar-refractivity contribution in [3.8, 4) is 0 Å². The average Bonchev–Trinajstić information content (AvgIpc) is 2.41. The Morgan fingerprint density at radius 2 is 2.32 bits per heavy atom. The first-order valence-corrected chi connectivity index (χ1v) is 7.15. The van der Waals surface area contributed by atoms with E-state index < -0.39 is 4.92 Å². The van der Waals surface area contributed by atoms with Crippen molar-refractivity contribution in [2.45, 2.75) is 19.4 Å². The Morgan fingerprint density at radius 1 is 1.53 bits per heavy atom. The smallest absolute Gasteiger partial charge is 0.270 e. The Balaban J connectivity index is 2.04. The highest BCUT2D eigenvalue weighted by Gasteiger charge is 2.20. The van der Waals surface area contributed by atoms with Crippen LogP contribution in [0.4, 0.5) is 5.69 Å². The number of piperidine rings is 1. The fourth-order valence-electron chi connectivity index (χ4n) is 2.46. The van der Waals surface area contributed by atoms with Gasteiger partial charge in [-0.3, -0.25) is 15.0 Å². The summed E-state index contributed by atoms with van der Waals surface area (Å²) in [4.78, 5) is 12.6. The summed E-state index contributed by atoms with van der Waals surface area (Å²) in [7, 11) is 0. The molecular formula is C13H17BrN2O3. The lowest BCUT2D eigenvalue weighted by Gasteiger charge is -2.31. The van der Waals surface area contributed by atoms with E-state index in [9.17, 15) is 15.2 Å². The maximum Gasteiger partial charge on any atom is 0.270 e. The number of non-ortho nitro benzene ring substituents is 1. The fourth-order valence-corrected chi connectivity index (χ4v) is 2.95. The molecule has 1 aromatic carbocycles. The van der Waals surface area contributed by atoms with E-state index in [1.807, 2.05) is 0 Å². The average molecular weight is 329 g/mol. The van der Waals surface area contributed by atoms with E-state index in [-0.39, 0.29) is 12.3 Å². The van der Waals surface area contributed by atoms with Crippen LogP contribution in [0.1, 0.15) is 18.4 Å². The number of aliphatic hydroxyl groups excluding tert-OH is 1. The summed E-state index contributed by atoms with van der Waals surface area (Å²) in [6.07, 6.45) is 2.17. The lowest BCUT2D eigenvalue weighted by molar-refractivity contribution is -0.384. The van der Waals surface area contributed by atoms with Gasteiger partial charge in [0.2, 0.25) is 0 Å². The largest absolute Gasteiger partial charge is 0.396 e. The third-order valence-corrected chi connectivity index (χ3v) is 4.24. The summed E-state index contributed by atoms with van der Waals surface area (Å²) in [5, 5.41) is 19.9. The highest BCUT2D eigenvalue weighted by atomic mass is 79.9. The summed E-state index contributed by atoms with van der Waals surface area (Å²) in [5.41, 5.74) is 1.15. The van der Waals surface area contributed by atoms with Crippen molar-refractivity contribution < 1.29 is 10.0 Å². The topological polar surface area (TPSA) is 66.6 Å². The first-order chi connectivity index (χ1) is 9.10. The molecule has 5 nitrogen and oxygen atoms in total. The molecule has 1 fully saturated rings. The molecule has 0 radical (unpaired) electrons. The van der Waals surface area contributed by atoms with E-state index >= 15 is 0 Å². The molecule has 0 aromatic heterocycles. The van der Waals surface area contributed by atoms with Crippen molar-refractivity contribution in [1.82, 2.24) is 4.90 Å². The minimum atomic E-state index is -0.392. The molecule has 0 spiro atoms. The van der Waals surface area contributed by atoms with Crippen LogP contribution < -0.4 is 0 Å². The number of aliphatic hydroxyl groups is 1. The number of rotatable bonds is 4. The molecule has 1 aromatic rings. The van der Waals surface area contributed by atoms with E-state index in [4.69, 9.17) is 0 Å². The van der Waals surface area contributed by atoms with Gasteiger partial charge in [0.25, 0.3) is 5.69 Å². The second-order valence-electron chi connectivity index (χ2n) is 4.96. The number of hydrogen-bond donors (Lipinski definition) is 1. The SMILES string of the molecule is O=[N+]([O-])c1ccc(CN2CCCC(CO)C2)c(Br)c1. The predicted molar refractivity (Wildman–Crippen MR) is 75.9 cm³/mol. The molecule has 0 amide bonds. The van der Waals surface area contributed by atoms with Gasteiger partial charge in [0, 0.05) is 36.3 Å². The summed E-state index contributed by atoms with van der Waals surface area (Å²) in [6.45, 7) is 2.90. The van der Waals surface area contributed by atoms with E-state index in [1.165, 1.54) is 6.07 Å². The van der Waals surface area contributed by atoms with Crippen LogP contribution in [0.2, 0.25) is 0 Å². The first kappa shape index (κ1) is 14.4. The zero-order valence-corrected chi connectivity index (χ0v) is 12.2. The first-order valence-electron chi connectivity index (χ1n) is 6.36. The van der Waals surface area contributed by atoms with Crippen LogP contribution in [0.3, 0.4) is 0 Å². The van der Waals surface area contributed by atoms with Crippen LogP contribution >= 0.6 is 15.9 Å². The number of halogens is 1. The Morgan fingerprint density at radius 3 is 2.95 bits per heavy atom. The standard InChI is InChI=1S/C13H17BrN2O3/c14-13-6-12(16(18)19)4-3-11(13)8-15-5-1-2-10(7-15)9-17/h3-4,6,10,17H,1-2,5,7-9H2. The van der Waals surface area contributed by atoms with Crippen molar-refractivity contribution in [3.05, 3.63) is 38.3 Å². The van der Waals surface area contributed by atoms with Crippen LogP contribution in [0.15, 0.2) is 22.7 Å².